The minimum atomic E-state index is -0.379. The standard InChI is InChI=1S/C17H13ClO4/c18-13-3-6-14(7-4-13)20-9-10-21-15-5-1-12-2-8-17(19)22-16(12)11-15/h1-8,11H,9-10H2. The molecule has 0 fully saturated rings. The largest absolute Gasteiger partial charge is 0.490 e. The van der Waals surface area contributed by atoms with Crippen molar-refractivity contribution < 1.29 is 13.9 Å². The first-order valence-corrected chi connectivity index (χ1v) is 7.14. The van der Waals surface area contributed by atoms with Gasteiger partial charge in [0.05, 0.1) is 0 Å². The van der Waals surface area contributed by atoms with E-state index in [0.29, 0.717) is 29.6 Å². The Morgan fingerprint density at radius 1 is 0.864 bits per heavy atom. The molecule has 112 valence electrons. The third-order valence-electron chi connectivity index (χ3n) is 3.03. The third kappa shape index (κ3) is 3.59. The van der Waals surface area contributed by atoms with Crippen molar-refractivity contribution in [1.29, 1.82) is 0 Å². The van der Waals surface area contributed by atoms with Crippen LogP contribution < -0.4 is 15.1 Å². The molecule has 0 unspecified atom stereocenters. The summed E-state index contributed by atoms with van der Waals surface area (Å²) in [5, 5.41) is 1.52. The predicted octanol–water partition coefficient (Wildman–Crippen LogP) is 3.90. The summed E-state index contributed by atoms with van der Waals surface area (Å²) in [6, 6.07) is 15.6. The van der Waals surface area contributed by atoms with Gasteiger partial charge in [0.25, 0.3) is 0 Å². The van der Waals surface area contributed by atoms with Crippen LogP contribution in [-0.4, -0.2) is 13.2 Å². The summed E-state index contributed by atoms with van der Waals surface area (Å²) in [6.45, 7) is 0.781. The maximum Gasteiger partial charge on any atom is 0.336 e. The quantitative estimate of drug-likeness (QED) is 0.529. The Morgan fingerprint density at radius 2 is 1.50 bits per heavy atom. The fourth-order valence-electron chi connectivity index (χ4n) is 1.98. The van der Waals surface area contributed by atoms with Gasteiger partial charge in [0.1, 0.15) is 30.3 Å². The van der Waals surface area contributed by atoms with Gasteiger partial charge in [-0.25, -0.2) is 4.79 Å². The van der Waals surface area contributed by atoms with Crippen LogP contribution in [0.15, 0.2) is 63.8 Å². The van der Waals surface area contributed by atoms with Gasteiger partial charge in [0.15, 0.2) is 0 Å². The van der Waals surface area contributed by atoms with Crippen LogP contribution in [0, 0.1) is 0 Å². The first kappa shape index (κ1) is 14.5. The molecule has 1 aromatic heterocycles. The van der Waals surface area contributed by atoms with Crippen LogP contribution in [0.5, 0.6) is 11.5 Å². The maximum absolute atomic E-state index is 11.2. The predicted molar refractivity (Wildman–Crippen MR) is 84.9 cm³/mol. The van der Waals surface area contributed by atoms with E-state index in [1.54, 1.807) is 36.4 Å². The van der Waals surface area contributed by atoms with Crippen LogP contribution in [0.4, 0.5) is 0 Å². The first-order valence-electron chi connectivity index (χ1n) is 6.76. The number of ether oxygens (including phenoxy) is 2. The van der Waals surface area contributed by atoms with Crippen molar-refractivity contribution in [1.82, 2.24) is 0 Å². The molecule has 0 bridgehead atoms. The van der Waals surface area contributed by atoms with E-state index in [1.807, 2.05) is 12.1 Å². The summed E-state index contributed by atoms with van der Waals surface area (Å²) in [5.74, 6) is 1.36. The Morgan fingerprint density at radius 3 is 2.27 bits per heavy atom. The van der Waals surface area contributed by atoms with Crippen LogP contribution in [0.3, 0.4) is 0 Å². The van der Waals surface area contributed by atoms with Gasteiger partial charge < -0.3 is 13.9 Å². The van der Waals surface area contributed by atoms with Crippen molar-refractivity contribution in [3.05, 3.63) is 70.0 Å². The molecular weight excluding hydrogens is 304 g/mol. The van der Waals surface area contributed by atoms with E-state index >= 15 is 0 Å². The van der Waals surface area contributed by atoms with Crippen molar-refractivity contribution in [2.24, 2.45) is 0 Å². The van der Waals surface area contributed by atoms with Crippen LogP contribution in [-0.2, 0) is 0 Å². The molecule has 0 radical (unpaired) electrons. The van der Waals surface area contributed by atoms with E-state index in [-0.39, 0.29) is 5.63 Å². The minimum absolute atomic E-state index is 0.379. The number of hydrogen-bond acceptors (Lipinski definition) is 4. The molecule has 0 saturated carbocycles. The van der Waals surface area contributed by atoms with Gasteiger partial charge in [-0.3, -0.25) is 0 Å². The average molecular weight is 317 g/mol. The van der Waals surface area contributed by atoms with Crippen LogP contribution >= 0.6 is 11.6 Å². The molecule has 0 N–H and O–H groups in total. The van der Waals surface area contributed by atoms with Crippen molar-refractivity contribution in [3.8, 4) is 11.5 Å². The Kier molecular flexibility index (Phi) is 4.30. The van der Waals surface area contributed by atoms with E-state index in [2.05, 4.69) is 0 Å². The van der Waals surface area contributed by atoms with Gasteiger partial charge in [-0.05, 0) is 42.5 Å². The molecule has 0 aliphatic rings. The Hall–Kier alpha value is -2.46. The molecule has 0 amide bonds. The first-order chi connectivity index (χ1) is 10.7. The second-order valence-electron chi connectivity index (χ2n) is 4.60. The smallest absolute Gasteiger partial charge is 0.336 e. The number of benzene rings is 2. The highest BCUT2D eigenvalue weighted by Gasteiger charge is 2.01. The molecule has 1 heterocycles. The molecule has 22 heavy (non-hydrogen) atoms. The summed E-state index contributed by atoms with van der Waals surface area (Å²) in [7, 11) is 0. The highest BCUT2D eigenvalue weighted by Crippen LogP contribution is 2.19. The number of halogens is 1. The van der Waals surface area contributed by atoms with Crippen molar-refractivity contribution in [3.63, 3.8) is 0 Å². The summed E-state index contributed by atoms with van der Waals surface area (Å²) in [4.78, 5) is 11.2. The summed E-state index contributed by atoms with van der Waals surface area (Å²) < 4.78 is 16.2. The lowest BCUT2D eigenvalue weighted by atomic mass is 10.2. The van der Waals surface area contributed by atoms with Crippen LogP contribution in [0.1, 0.15) is 0 Å². The Bertz CT molecular complexity index is 824. The van der Waals surface area contributed by atoms with E-state index in [9.17, 15) is 4.79 Å². The van der Waals surface area contributed by atoms with E-state index in [4.69, 9.17) is 25.5 Å². The number of hydrogen-bond donors (Lipinski definition) is 0. The van der Waals surface area contributed by atoms with Crippen molar-refractivity contribution in [2.45, 2.75) is 0 Å². The molecule has 5 heteroatoms. The molecular formula is C17H13ClO4. The zero-order valence-corrected chi connectivity index (χ0v) is 12.4. The molecule has 0 saturated heterocycles. The molecule has 0 spiro atoms. The SMILES string of the molecule is O=c1ccc2ccc(OCCOc3ccc(Cl)cc3)cc2o1. The molecule has 3 rings (SSSR count). The molecule has 0 aliphatic heterocycles. The lowest BCUT2D eigenvalue weighted by Gasteiger charge is -2.08. The summed E-state index contributed by atoms with van der Waals surface area (Å²) >= 11 is 5.80. The summed E-state index contributed by atoms with van der Waals surface area (Å²) in [6.07, 6.45) is 0. The van der Waals surface area contributed by atoms with E-state index < -0.39 is 0 Å². The van der Waals surface area contributed by atoms with Crippen LogP contribution in [0.25, 0.3) is 11.0 Å². The van der Waals surface area contributed by atoms with Gasteiger partial charge in [-0.1, -0.05) is 11.6 Å². The molecule has 0 aliphatic carbocycles. The highest BCUT2D eigenvalue weighted by molar-refractivity contribution is 6.30. The normalized spacial score (nSPS) is 10.6. The molecule has 0 atom stereocenters. The van der Waals surface area contributed by atoms with Gasteiger partial charge in [0, 0.05) is 22.5 Å². The summed E-state index contributed by atoms with van der Waals surface area (Å²) in [5.41, 5.74) is 0.124. The van der Waals surface area contributed by atoms with Gasteiger partial charge in [0.2, 0.25) is 0 Å². The number of fused-ring (bicyclic) bond motifs is 1. The van der Waals surface area contributed by atoms with Gasteiger partial charge in [-0.2, -0.15) is 0 Å². The van der Waals surface area contributed by atoms with Crippen molar-refractivity contribution >= 4 is 22.6 Å². The lowest BCUT2D eigenvalue weighted by molar-refractivity contribution is 0.217. The van der Waals surface area contributed by atoms with Gasteiger partial charge in [-0.15, -0.1) is 0 Å². The fraction of sp³-hybridized carbons (Fsp3) is 0.118. The maximum atomic E-state index is 11.2. The zero-order chi connectivity index (χ0) is 15.4. The lowest BCUT2D eigenvalue weighted by Crippen LogP contribution is -2.08. The topological polar surface area (TPSA) is 48.7 Å². The number of rotatable bonds is 5. The molecule has 4 nitrogen and oxygen atoms in total. The molecule has 2 aromatic carbocycles. The minimum Gasteiger partial charge on any atom is -0.490 e. The average Bonchev–Trinajstić information content (AvgIpc) is 2.53. The monoisotopic (exact) mass is 316 g/mol. The Balaban J connectivity index is 1.57. The van der Waals surface area contributed by atoms with Crippen molar-refractivity contribution in [2.75, 3.05) is 13.2 Å². The molecule has 3 aromatic rings. The third-order valence-corrected chi connectivity index (χ3v) is 3.28. The second-order valence-corrected chi connectivity index (χ2v) is 5.04. The van der Waals surface area contributed by atoms with Gasteiger partial charge >= 0.3 is 5.63 Å². The Labute approximate surface area is 131 Å². The van der Waals surface area contributed by atoms with E-state index in [1.165, 1.54) is 6.07 Å². The fourth-order valence-corrected chi connectivity index (χ4v) is 2.11. The second kappa shape index (κ2) is 6.54. The zero-order valence-electron chi connectivity index (χ0n) is 11.6. The van der Waals surface area contributed by atoms with E-state index in [0.717, 1.165) is 11.1 Å². The van der Waals surface area contributed by atoms with Crippen LogP contribution in [0.2, 0.25) is 5.02 Å². The highest BCUT2D eigenvalue weighted by atomic mass is 35.5.